The van der Waals surface area contributed by atoms with Crippen molar-refractivity contribution in [3.8, 4) is 0 Å². The summed E-state index contributed by atoms with van der Waals surface area (Å²) in [6.07, 6.45) is 4.45. The normalized spacial score (nSPS) is 14.2. The number of allylic oxidation sites excluding steroid dienone is 1. The van der Waals surface area contributed by atoms with Crippen LogP contribution in [0.25, 0.3) is 6.08 Å². The molecule has 1 amide bonds. The van der Waals surface area contributed by atoms with Crippen molar-refractivity contribution >= 4 is 18.0 Å². The third-order valence-electron chi connectivity index (χ3n) is 3.39. The van der Waals surface area contributed by atoms with E-state index in [1.807, 2.05) is 50.3 Å². The molecule has 0 aliphatic carbocycles. The van der Waals surface area contributed by atoms with Gasteiger partial charge in [-0.2, -0.15) is 0 Å². The summed E-state index contributed by atoms with van der Waals surface area (Å²) in [4.78, 5) is 23.0. The van der Waals surface area contributed by atoms with Crippen LogP contribution >= 0.6 is 0 Å². The first-order valence-corrected chi connectivity index (χ1v) is 7.15. The lowest BCUT2D eigenvalue weighted by molar-refractivity contribution is -0.146. The fourth-order valence-electron chi connectivity index (χ4n) is 2.34. The van der Waals surface area contributed by atoms with E-state index in [0.717, 1.165) is 5.56 Å². The number of nitrogens with two attached hydrogens (primary N) is 1. The average molecular weight is 289 g/mol. The number of hydrogen-bond acceptors (Lipinski definition) is 2. The number of carbonyl (C=O) groups excluding carboxylic acids is 1. The van der Waals surface area contributed by atoms with E-state index in [1.54, 1.807) is 6.08 Å². The highest BCUT2D eigenvalue weighted by Gasteiger charge is 2.31. The molecule has 0 saturated heterocycles. The van der Waals surface area contributed by atoms with E-state index in [9.17, 15) is 14.7 Å². The summed E-state index contributed by atoms with van der Waals surface area (Å²) in [6, 6.07) is 9.62. The Morgan fingerprint density at radius 2 is 1.81 bits per heavy atom. The predicted molar refractivity (Wildman–Crippen MR) is 83.4 cm³/mol. The lowest BCUT2D eigenvalue weighted by Crippen LogP contribution is -2.35. The third kappa shape index (κ3) is 5.81. The first kappa shape index (κ1) is 17.0. The smallest absolute Gasteiger partial charge is 0.307 e. The first-order valence-electron chi connectivity index (χ1n) is 7.15. The van der Waals surface area contributed by atoms with Gasteiger partial charge in [-0.1, -0.05) is 56.3 Å². The van der Waals surface area contributed by atoms with Crippen molar-refractivity contribution in [2.24, 2.45) is 23.5 Å². The molecule has 0 aliphatic heterocycles. The highest BCUT2D eigenvalue weighted by molar-refractivity contribution is 5.83. The van der Waals surface area contributed by atoms with E-state index in [1.165, 1.54) is 0 Å². The van der Waals surface area contributed by atoms with Crippen molar-refractivity contribution < 1.29 is 14.7 Å². The lowest BCUT2D eigenvalue weighted by atomic mass is 9.82. The van der Waals surface area contributed by atoms with Crippen LogP contribution < -0.4 is 5.73 Å². The van der Waals surface area contributed by atoms with Gasteiger partial charge in [-0.15, -0.1) is 0 Å². The Kier molecular flexibility index (Phi) is 6.66. The Balaban J connectivity index is 2.78. The molecular formula is C17H23NO3. The van der Waals surface area contributed by atoms with E-state index >= 15 is 0 Å². The van der Waals surface area contributed by atoms with E-state index in [-0.39, 0.29) is 5.92 Å². The Hall–Kier alpha value is -2.10. The Labute approximate surface area is 125 Å². The minimum absolute atomic E-state index is 0.224. The van der Waals surface area contributed by atoms with Gasteiger partial charge < -0.3 is 10.8 Å². The summed E-state index contributed by atoms with van der Waals surface area (Å²) in [7, 11) is 0. The fourth-order valence-corrected chi connectivity index (χ4v) is 2.34. The second-order valence-electron chi connectivity index (χ2n) is 5.63. The number of hydrogen-bond donors (Lipinski definition) is 2. The molecule has 0 saturated carbocycles. The summed E-state index contributed by atoms with van der Waals surface area (Å²) in [5, 5.41) is 9.36. The van der Waals surface area contributed by atoms with Gasteiger partial charge in [-0.05, 0) is 24.3 Å². The largest absolute Gasteiger partial charge is 0.481 e. The molecule has 0 aromatic heterocycles. The van der Waals surface area contributed by atoms with Crippen LogP contribution in [0.4, 0.5) is 0 Å². The molecule has 0 aliphatic rings. The van der Waals surface area contributed by atoms with E-state index < -0.39 is 23.7 Å². The van der Waals surface area contributed by atoms with Gasteiger partial charge in [-0.25, -0.2) is 0 Å². The molecule has 1 aromatic carbocycles. The molecule has 0 fully saturated rings. The summed E-state index contributed by atoms with van der Waals surface area (Å²) in [5.74, 6) is -2.70. The van der Waals surface area contributed by atoms with Crippen LogP contribution in [0, 0.1) is 17.8 Å². The van der Waals surface area contributed by atoms with Crippen molar-refractivity contribution in [2.75, 3.05) is 0 Å². The van der Waals surface area contributed by atoms with Gasteiger partial charge in [0.25, 0.3) is 0 Å². The average Bonchev–Trinajstić information content (AvgIpc) is 2.42. The summed E-state index contributed by atoms with van der Waals surface area (Å²) in [6.45, 7) is 3.91. The molecule has 4 nitrogen and oxygen atoms in total. The number of rotatable bonds is 8. The molecule has 0 bridgehead atoms. The van der Waals surface area contributed by atoms with Crippen molar-refractivity contribution in [1.82, 2.24) is 0 Å². The number of carboxylic acid groups (broad SMARTS) is 1. The van der Waals surface area contributed by atoms with Crippen LogP contribution in [0.3, 0.4) is 0 Å². The van der Waals surface area contributed by atoms with Crippen LogP contribution in [-0.2, 0) is 9.59 Å². The number of carbonyl (C=O) groups is 2. The Morgan fingerprint density at radius 3 is 2.29 bits per heavy atom. The summed E-state index contributed by atoms with van der Waals surface area (Å²) >= 11 is 0. The Morgan fingerprint density at radius 1 is 1.19 bits per heavy atom. The maximum absolute atomic E-state index is 11.5. The van der Waals surface area contributed by atoms with Crippen molar-refractivity contribution in [3.05, 3.63) is 42.0 Å². The number of carboxylic acids is 1. The first-order chi connectivity index (χ1) is 9.91. The second-order valence-corrected chi connectivity index (χ2v) is 5.63. The number of benzene rings is 1. The predicted octanol–water partition coefficient (Wildman–Crippen LogP) is 2.94. The molecule has 2 atom stereocenters. The molecule has 114 valence electrons. The van der Waals surface area contributed by atoms with Crippen LogP contribution in [-0.4, -0.2) is 17.0 Å². The molecule has 0 radical (unpaired) electrons. The SMILES string of the molecule is CC(C)C[C@@H](C(N)=O)[C@H](CC=Cc1ccccc1)C(=O)O. The highest BCUT2D eigenvalue weighted by Crippen LogP contribution is 2.24. The van der Waals surface area contributed by atoms with Gasteiger partial charge in [0.05, 0.1) is 11.8 Å². The lowest BCUT2D eigenvalue weighted by Gasteiger charge is -2.21. The van der Waals surface area contributed by atoms with Gasteiger partial charge in [0.2, 0.25) is 5.91 Å². The van der Waals surface area contributed by atoms with Crippen molar-refractivity contribution in [1.29, 1.82) is 0 Å². The van der Waals surface area contributed by atoms with Crippen LogP contribution in [0.5, 0.6) is 0 Å². The molecular weight excluding hydrogens is 266 g/mol. The maximum Gasteiger partial charge on any atom is 0.307 e. The molecule has 0 spiro atoms. The van der Waals surface area contributed by atoms with Gasteiger partial charge in [0.15, 0.2) is 0 Å². The van der Waals surface area contributed by atoms with Gasteiger partial charge in [-0.3, -0.25) is 9.59 Å². The van der Waals surface area contributed by atoms with Gasteiger partial charge in [0.1, 0.15) is 0 Å². The number of aliphatic carboxylic acids is 1. The van der Waals surface area contributed by atoms with Crippen LogP contribution in [0.1, 0.15) is 32.3 Å². The minimum atomic E-state index is -0.975. The van der Waals surface area contributed by atoms with E-state index in [2.05, 4.69) is 0 Å². The monoisotopic (exact) mass is 289 g/mol. The zero-order chi connectivity index (χ0) is 15.8. The molecule has 0 unspecified atom stereocenters. The van der Waals surface area contributed by atoms with Gasteiger partial charge in [0, 0.05) is 0 Å². The summed E-state index contributed by atoms with van der Waals surface area (Å²) < 4.78 is 0. The minimum Gasteiger partial charge on any atom is -0.481 e. The molecule has 3 N–H and O–H groups in total. The maximum atomic E-state index is 11.5. The van der Waals surface area contributed by atoms with Crippen molar-refractivity contribution in [3.63, 3.8) is 0 Å². The summed E-state index contributed by atoms with van der Waals surface area (Å²) in [5.41, 5.74) is 6.38. The third-order valence-corrected chi connectivity index (χ3v) is 3.39. The van der Waals surface area contributed by atoms with E-state index in [4.69, 9.17) is 5.73 Å². The molecule has 0 heterocycles. The topological polar surface area (TPSA) is 80.4 Å². The number of amides is 1. The second kappa shape index (κ2) is 8.25. The van der Waals surface area contributed by atoms with E-state index in [0.29, 0.717) is 12.8 Å². The molecule has 4 heteroatoms. The zero-order valence-electron chi connectivity index (χ0n) is 12.5. The number of primary amides is 1. The highest BCUT2D eigenvalue weighted by atomic mass is 16.4. The van der Waals surface area contributed by atoms with Crippen LogP contribution in [0.2, 0.25) is 0 Å². The zero-order valence-corrected chi connectivity index (χ0v) is 12.5. The van der Waals surface area contributed by atoms with Crippen LogP contribution in [0.15, 0.2) is 36.4 Å². The molecule has 1 aromatic rings. The quantitative estimate of drug-likeness (QED) is 0.772. The molecule has 1 rings (SSSR count). The standard InChI is InChI=1S/C17H23NO3/c1-12(2)11-15(16(18)19)14(17(20)21)10-6-9-13-7-4-3-5-8-13/h3-9,12,14-15H,10-11H2,1-2H3,(H2,18,19)(H,20,21)/t14-,15+/m0/s1. The molecule has 21 heavy (non-hydrogen) atoms. The Bertz CT molecular complexity index is 494. The van der Waals surface area contributed by atoms with Gasteiger partial charge >= 0.3 is 5.97 Å². The fraction of sp³-hybridized carbons (Fsp3) is 0.412. The van der Waals surface area contributed by atoms with Crippen molar-refractivity contribution in [2.45, 2.75) is 26.7 Å².